The van der Waals surface area contributed by atoms with E-state index in [9.17, 15) is 48.6 Å². The van der Waals surface area contributed by atoms with Crippen molar-refractivity contribution in [2.75, 3.05) is 13.6 Å². The molecule has 7 N–H and O–H groups in total. The lowest BCUT2D eigenvalue weighted by atomic mass is 9.95. The number of aliphatic carboxylic acids is 2. The summed E-state index contributed by atoms with van der Waals surface area (Å²) in [7, 11) is 1.40. The molecule has 0 aliphatic heterocycles. The van der Waals surface area contributed by atoms with Crippen LogP contribution >= 0.6 is 0 Å². The molecular formula is C39H62N6O11. The fourth-order valence-corrected chi connectivity index (χ4v) is 5.65. The molecule has 0 bridgehead atoms. The summed E-state index contributed by atoms with van der Waals surface area (Å²) in [5.74, 6) is -8.36. The van der Waals surface area contributed by atoms with Crippen LogP contribution in [-0.4, -0.2) is 112 Å². The Kier molecular flexibility index (Phi) is 20.0. The monoisotopic (exact) mass is 790 g/mol. The van der Waals surface area contributed by atoms with Crippen LogP contribution in [-0.2, 0) is 44.7 Å². The Bertz CT molecular complexity index is 1510. The molecule has 0 spiro atoms. The van der Waals surface area contributed by atoms with Gasteiger partial charge in [-0.3, -0.25) is 33.7 Å². The Labute approximate surface area is 329 Å². The Morgan fingerprint density at radius 1 is 0.750 bits per heavy atom. The van der Waals surface area contributed by atoms with Gasteiger partial charge >= 0.3 is 18.0 Å². The number of carboxylic acids is 2. The molecule has 0 saturated carbocycles. The average molecular weight is 791 g/mol. The van der Waals surface area contributed by atoms with Crippen LogP contribution in [0.4, 0.5) is 4.79 Å². The van der Waals surface area contributed by atoms with Crippen LogP contribution in [0.2, 0.25) is 0 Å². The molecule has 0 heterocycles. The summed E-state index contributed by atoms with van der Waals surface area (Å²) in [6.07, 6.45) is -1.49. The van der Waals surface area contributed by atoms with Crippen LogP contribution in [0.3, 0.4) is 0 Å². The van der Waals surface area contributed by atoms with Gasteiger partial charge in [0.25, 0.3) is 0 Å². The van der Waals surface area contributed by atoms with Crippen molar-refractivity contribution < 1.29 is 53.3 Å². The van der Waals surface area contributed by atoms with Gasteiger partial charge in [-0.1, -0.05) is 78.3 Å². The van der Waals surface area contributed by atoms with Crippen LogP contribution in [0.5, 0.6) is 0 Å². The van der Waals surface area contributed by atoms with E-state index < -0.39 is 108 Å². The highest BCUT2D eigenvalue weighted by Gasteiger charge is 2.38. The zero-order valence-electron chi connectivity index (χ0n) is 34.3. The SMILES string of the molecule is CC[C@H](C)[C@H](NC(=O)[C@H](C(C)C)N(C)C(=O)OC(C)(C)C)C(=O)N[C@@H](CC(=O)NCCc1ccccc1)C(=O)N[C@@H](CC(=O)O)C(=O)N[C@@H](CC(C)C)C(=O)O. The smallest absolute Gasteiger partial charge is 0.410 e. The molecule has 0 radical (unpaired) electrons. The van der Waals surface area contributed by atoms with E-state index in [1.807, 2.05) is 30.3 Å². The van der Waals surface area contributed by atoms with Gasteiger partial charge in [-0.05, 0) is 56.9 Å². The van der Waals surface area contributed by atoms with Crippen molar-refractivity contribution in [3.8, 4) is 0 Å². The number of hydrogen-bond acceptors (Lipinski definition) is 9. The Hall–Kier alpha value is -5.22. The second kappa shape index (κ2) is 23.0. The highest BCUT2D eigenvalue weighted by molar-refractivity contribution is 5.98. The van der Waals surface area contributed by atoms with Gasteiger partial charge in [-0.15, -0.1) is 0 Å². The lowest BCUT2D eigenvalue weighted by Crippen LogP contribution is -2.61. The van der Waals surface area contributed by atoms with E-state index in [0.29, 0.717) is 12.8 Å². The molecule has 0 aromatic heterocycles. The van der Waals surface area contributed by atoms with Crippen molar-refractivity contribution in [3.63, 3.8) is 0 Å². The van der Waals surface area contributed by atoms with Gasteiger partial charge in [0.2, 0.25) is 29.5 Å². The number of rotatable bonds is 22. The van der Waals surface area contributed by atoms with E-state index in [2.05, 4.69) is 26.6 Å². The van der Waals surface area contributed by atoms with Crippen molar-refractivity contribution in [2.45, 2.75) is 130 Å². The van der Waals surface area contributed by atoms with Crippen LogP contribution in [0.15, 0.2) is 30.3 Å². The maximum absolute atomic E-state index is 14.0. The second-order valence-electron chi connectivity index (χ2n) is 15.7. The number of nitrogens with one attached hydrogen (secondary N) is 5. The van der Waals surface area contributed by atoms with E-state index in [0.717, 1.165) is 10.5 Å². The number of carboxylic acid groups (broad SMARTS) is 2. The first kappa shape index (κ1) is 48.8. The normalized spacial score (nSPS) is 14.6. The summed E-state index contributed by atoms with van der Waals surface area (Å²) in [6, 6.07) is 2.06. The second-order valence-corrected chi connectivity index (χ2v) is 15.7. The van der Waals surface area contributed by atoms with Crippen molar-refractivity contribution in [2.24, 2.45) is 17.8 Å². The molecule has 1 aromatic carbocycles. The Morgan fingerprint density at radius 2 is 1.29 bits per heavy atom. The fraction of sp³-hybridized carbons (Fsp3) is 0.641. The van der Waals surface area contributed by atoms with Crippen LogP contribution in [0.25, 0.3) is 0 Å². The van der Waals surface area contributed by atoms with Crippen molar-refractivity contribution in [3.05, 3.63) is 35.9 Å². The first-order valence-corrected chi connectivity index (χ1v) is 18.9. The number of nitrogens with zero attached hydrogens (tertiary/aromatic N) is 1. The lowest BCUT2D eigenvalue weighted by molar-refractivity contribution is -0.144. The third kappa shape index (κ3) is 17.5. The maximum Gasteiger partial charge on any atom is 0.410 e. The van der Waals surface area contributed by atoms with E-state index in [-0.39, 0.29) is 18.9 Å². The lowest BCUT2D eigenvalue weighted by Gasteiger charge is -2.34. The quantitative estimate of drug-likeness (QED) is 0.0897. The number of benzene rings is 1. The zero-order chi connectivity index (χ0) is 42.9. The number of likely N-dealkylation sites (N-methyl/N-ethyl adjacent to an activating group) is 1. The highest BCUT2D eigenvalue weighted by Crippen LogP contribution is 2.17. The largest absolute Gasteiger partial charge is 0.481 e. The van der Waals surface area contributed by atoms with Crippen LogP contribution in [0, 0.1) is 17.8 Å². The Morgan fingerprint density at radius 3 is 1.77 bits per heavy atom. The first-order valence-electron chi connectivity index (χ1n) is 18.9. The summed E-state index contributed by atoms with van der Waals surface area (Å²) >= 11 is 0. The number of amides is 6. The average Bonchev–Trinajstić information content (AvgIpc) is 3.08. The van der Waals surface area contributed by atoms with Crippen LogP contribution in [0.1, 0.15) is 93.6 Å². The van der Waals surface area contributed by atoms with Gasteiger partial charge in [0.15, 0.2) is 0 Å². The van der Waals surface area contributed by atoms with E-state index in [4.69, 9.17) is 4.74 Å². The molecule has 6 amide bonds. The van der Waals surface area contributed by atoms with Crippen molar-refractivity contribution >= 4 is 47.6 Å². The molecule has 0 unspecified atom stereocenters. The summed E-state index contributed by atoms with van der Waals surface area (Å²) < 4.78 is 5.44. The first-order chi connectivity index (χ1) is 26.0. The predicted molar refractivity (Wildman–Crippen MR) is 207 cm³/mol. The molecule has 314 valence electrons. The summed E-state index contributed by atoms with van der Waals surface area (Å²) in [5, 5.41) is 31.6. The molecule has 0 aliphatic rings. The predicted octanol–water partition coefficient (Wildman–Crippen LogP) is 2.22. The molecule has 17 nitrogen and oxygen atoms in total. The van der Waals surface area contributed by atoms with Gasteiger partial charge in [0.05, 0.1) is 12.8 Å². The third-order valence-corrected chi connectivity index (χ3v) is 8.73. The zero-order valence-corrected chi connectivity index (χ0v) is 34.3. The van der Waals surface area contributed by atoms with Crippen molar-refractivity contribution in [1.82, 2.24) is 31.5 Å². The number of carbonyl (C=O) groups excluding carboxylic acids is 6. The minimum absolute atomic E-state index is 0.0185. The molecule has 6 atom stereocenters. The molecule has 17 heteroatoms. The summed E-state index contributed by atoms with van der Waals surface area (Å²) in [5.41, 5.74) is 0.0847. The van der Waals surface area contributed by atoms with E-state index in [1.54, 1.807) is 62.3 Å². The number of hydrogen-bond donors (Lipinski definition) is 7. The molecular weight excluding hydrogens is 728 g/mol. The Balaban J connectivity index is 3.45. The topological polar surface area (TPSA) is 250 Å². The molecule has 1 aromatic rings. The van der Waals surface area contributed by atoms with Gasteiger partial charge in [0, 0.05) is 13.6 Å². The van der Waals surface area contributed by atoms with E-state index in [1.165, 1.54) is 7.05 Å². The van der Waals surface area contributed by atoms with Gasteiger partial charge in [0.1, 0.15) is 35.8 Å². The summed E-state index contributed by atoms with van der Waals surface area (Å²) in [6.45, 7) is 15.6. The van der Waals surface area contributed by atoms with Gasteiger partial charge in [-0.25, -0.2) is 9.59 Å². The molecule has 0 fully saturated rings. The molecule has 56 heavy (non-hydrogen) atoms. The van der Waals surface area contributed by atoms with Gasteiger partial charge in [-0.2, -0.15) is 0 Å². The fourth-order valence-electron chi connectivity index (χ4n) is 5.65. The minimum atomic E-state index is -1.78. The maximum atomic E-state index is 14.0. The van der Waals surface area contributed by atoms with Gasteiger partial charge < -0.3 is 41.5 Å². The molecule has 0 aliphatic carbocycles. The highest BCUT2D eigenvalue weighted by atomic mass is 16.6. The number of ether oxygens (including phenoxy) is 1. The molecule has 1 rings (SSSR count). The summed E-state index contributed by atoms with van der Waals surface area (Å²) in [4.78, 5) is 106. The minimum Gasteiger partial charge on any atom is -0.481 e. The molecule has 0 saturated heterocycles. The standard InChI is InChI=1S/C39H62N6O11/c1-11-24(6)31(44-36(52)32(23(4)5)45(10)38(55)56-39(7,8)9)35(51)42-26(20-29(46)40-18-17-25-15-13-12-14-16-25)33(49)41-27(21-30(47)48)34(50)43-28(37(53)54)19-22(2)3/h12-16,22-24,26-28,31-32H,11,17-21H2,1-10H3,(H,40,46)(H,41,49)(H,42,51)(H,43,50)(H,44,52)(H,47,48)(H,53,54)/t24-,26-,27-,28-,31-,32-/m0/s1. The van der Waals surface area contributed by atoms with E-state index >= 15 is 0 Å². The number of carbonyl (C=O) groups is 8. The van der Waals surface area contributed by atoms with Crippen molar-refractivity contribution in [1.29, 1.82) is 0 Å². The van der Waals surface area contributed by atoms with Crippen LogP contribution < -0.4 is 26.6 Å². The third-order valence-electron chi connectivity index (χ3n) is 8.73.